The summed E-state index contributed by atoms with van der Waals surface area (Å²) in [6, 6.07) is 7.46. The summed E-state index contributed by atoms with van der Waals surface area (Å²) in [7, 11) is -3.38. The number of hydrogen-bond donors (Lipinski definition) is 2. The van der Waals surface area contributed by atoms with E-state index in [1.807, 2.05) is 26.0 Å². The Morgan fingerprint density at radius 3 is 2.26 bits per heavy atom. The summed E-state index contributed by atoms with van der Waals surface area (Å²) in [6.07, 6.45) is 2.04. The fraction of sp³-hybridized carbons (Fsp3) is 0.571. The Morgan fingerprint density at radius 1 is 1.11 bits per heavy atom. The van der Waals surface area contributed by atoms with Gasteiger partial charge in [-0.25, -0.2) is 13.1 Å². The van der Waals surface area contributed by atoms with E-state index in [4.69, 9.17) is 0 Å². The summed E-state index contributed by atoms with van der Waals surface area (Å²) in [5.74, 6) is 0. The zero-order valence-corrected chi connectivity index (χ0v) is 12.8. The maximum atomic E-state index is 12.0. The second-order valence-electron chi connectivity index (χ2n) is 4.90. The van der Waals surface area contributed by atoms with Gasteiger partial charge in [0.05, 0.1) is 4.90 Å². The molecule has 1 aromatic carbocycles. The molecule has 0 radical (unpaired) electrons. The van der Waals surface area contributed by atoms with Crippen molar-refractivity contribution in [2.45, 2.75) is 44.6 Å². The van der Waals surface area contributed by atoms with Crippen LogP contribution in [0, 0.1) is 0 Å². The molecule has 108 valence electrons. The van der Waals surface area contributed by atoms with Crippen LogP contribution in [0.5, 0.6) is 0 Å². The van der Waals surface area contributed by atoms with E-state index in [0.29, 0.717) is 24.0 Å². The lowest BCUT2D eigenvalue weighted by atomic mass is 10.1. The Hall–Kier alpha value is -0.910. The molecule has 0 aliphatic carbocycles. The summed E-state index contributed by atoms with van der Waals surface area (Å²) < 4.78 is 26.6. The van der Waals surface area contributed by atoms with Crippen LogP contribution in [0.25, 0.3) is 0 Å². The normalized spacial score (nSPS) is 12.0. The highest BCUT2D eigenvalue weighted by molar-refractivity contribution is 7.89. The van der Waals surface area contributed by atoms with Gasteiger partial charge >= 0.3 is 0 Å². The van der Waals surface area contributed by atoms with E-state index in [9.17, 15) is 8.42 Å². The monoisotopic (exact) mass is 284 g/mol. The first-order valence-corrected chi connectivity index (χ1v) is 8.26. The van der Waals surface area contributed by atoms with Crippen molar-refractivity contribution in [3.8, 4) is 0 Å². The average Bonchev–Trinajstić information content (AvgIpc) is 2.36. The lowest BCUT2D eigenvalue weighted by molar-refractivity contribution is 0.559. The third-order valence-corrected chi connectivity index (χ3v) is 4.22. The van der Waals surface area contributed by atoms with E-state index in [0.717, 1.165) is 12.8 Å². The third kappa shape index (κ3) is 5.72. The van der Waals surface area contributed by atoms with E-state index in [1.54, 1.807) is 12.1 Å². The van der Waals surface area contributed by atoms with Gasteiger partial charge in [0.2, 0.25) is 10.0 Å². The van der Waals surface area contributed by atoms with Crippen molar-refractivity contribution >= 4 is 10.0 Å². The van der Waals surface area contributed by atoms with Crippen LogP contribution in [-0.2, 0) is 16.4 Å². The molecule has 2 N–H and O–H groups in total. The van der Waals surface area contributed by atoms with Gasteiger partial charge in [0.15, 0.2) is 0 Å². The first kappa shape index (κ1) is 16.1. The Kier molecular flexibility index (Phi) is 6.48. The van der Waals surface area contributed by atoms with Crippen LogP contribution in [0.2, 0.25) is 0 Å². The molecule has 0 aromatic heterocycles. The third-order valence-electron chi connectivity index (χ3n) is 2.74. The number of aryl methyl sites for hydroxylation is 1. The van der Waals surface area contributed by atoms with E-state index < -0.39 is 10.0 Å². The van der Waals surface area contributed by atoms with Crippen molar-refractivity contribution in [2.75, 3.05) is 13.1 Å². The van der Waals surface area contributed by atoms with Crippen molar-refractivity contribution in [3.05, 3.63) is 29.8 Å². The molecule has 0 aliphatic heterocycles. The Morgan fingerprint density at radius 2 is 1.74 bits per heavy atom. The molecule has 0 saturated carbocycles. The molecule has 4 nitrogen and oxygen atoms in total. The zero-order chi connectivity index (χ0) is 14.3. The maximum Gasteiger partial charge on any atom is 0.240 e. The molecule has 0 saturated heterocycles. The highest BCUT2D eigenvalue weighted by Gasteiger charge is 2.12. The second-order valence-corrected chi connectivity index (χ2v) is 6.67. The van der Waals surface area contributed by atoms with Crippen molar-refractivity contribution < 1.29 is 8.42 Å². The molecule has 0 aliphatic rings. The maximum absolute atomic E-state index is 12.0. The number of nitrogens with one attached hydrogen (secondary N) is 2. The second kappa shape index (κ2) is 7.62. The molecule has 19 heavy (non-hydrogen) atoms. The molecule has 0 bridgehead atoms. The fourth-order valence-electron chi connectivity index (χ4n) is 1.75. The van der Waals surface area contributed by atoms with Crippen LogP contribution in [0.3, 0.4) is 0 Å². The fourth-order valence-corrected chi connectivity index (χ4v) is 2.79. The standard InChI is InChI=1S/C14H24N2O2S/c1-4-5-13-6-8-14(9-7-13)19(17,18)16-11-10-15-12(2)3/h6-9,12,15-16H,4-5,10-11H2,1-3H3. The van der Waals surface area contributed by atoms with Crippen LogP contribution in [0.1, 0.15) is 32.8 Å². The molecule has 0 unspecified atom stereocenters. The largest absolute Gasteiger partial charge is 0.313 e. The van der Waals surface area contributed by atoms with Gasteiger partial charge in [-0.05, 0) is 24.1 Å². The molecule has 0 atom stereocenters. The van der Waals surface area contributed by atoms with Crippen LogP contribution >= 0.6 is 0 Å². The summed E-state index contributed by atoms with van der Waals surface area (Å²) in [4.78, 5) is 0.330. The minimum atomic E-state index is -3.38. The molecule has 0 amide bonds. The molecule has 5 heteroatoms. The van der Waals surface area contributed by atoms with E-state index in [2.05, 4.69) is 17.0 Å². The Labute approximate surface area is 116 Å². The summed E-state index contributed by atoms with van der Waals surface area (Å²) >= 11 is 0. The van der Waals surface area contributed by atoms with Gasteiger partial charge in [0.25, 0.3) is 0 Å². The topological polar surface area (TPSA) is 58.2 Å². The van der Waals surface area contributed by atoms with Gasteiger partial charge in [-0.2, -0.15) is 0 Å². The van der Waals surface area contributed by atoms with Crippen LogP contribution in [-0.4, -0.2) is 27.5 Å². The predicted molar refractivity (Wildman–Crippen MR) is 78.8 cm³/mol. The lowest BCUT2D eigenvalue weighted by Crippen LogP contribution is -2.34. The van der Waals surface area contributed by atoms with Crippen molar-refractivity contribution in [2.24, 2.45) is 0 Å². The van der Waals surface area contributed by atoms with E-state index in [1.165, 1.54) is 5.56 Å². The summed E-state index contributed by atoms with van der Waals surface area (Å²) in [5, 5.41) is 3.17. The van der Waals surface area contributed by atoms with Gasteiger partial charge in [0, 0.05) is 19.1 Å². The minimum Gasteiger partial charge on any atom is -0.313 e. The van der Waals surface area contributed by atoms with E-state index in [-0.39, 0.29) is 0 Å². The molecule has 0 heterocycles. The van der Waals surface area contributed by atoms with Crippen molar-refractivity contribution in [3.63, 3.8) is 0 Å². The minimum absolute atomic E-state index is 0.330. The highest BCUT2D eigenvalue weighted by atomic mass is 32.2. The molecule has 1 rings (SSSR count). The number of rotatable bonds is 8. The predicted octanol–water partition coefficient (Wildman–Crippen LogP) is 1.92. The van der Waals surface area contributed by atoms with Gasteiger partial charge in [-0.3, -0.25) is 0 Å². The number of sulfonamides is 1. The lowest BCUT2D eigenvalue weighted by Gasteiger charge is -2.10. The average molecular weight is 284 g/mol. The molecule has 0 spiro atoms. The van der Waals surface area contributed by atoms with Crippen molar-refractivity contribution in [1.82, 2.24) is 10.0 Å². The molecular formula is C14H24N2O2S. The first-order valence-electron chi connectivity index (χ1n) is 6.77. The van der Waals surface area contributed by atoms with Crippen LogP contribution < -0.4 is 10.0 Å². The molecular weight excluding hydrogens is 260 g/mol. The van der Waals surface area contributed by atoms with Crippen molar-refractivity contribution in [1.29, 1.82) is 0 Å². The Bertz CT molecular complexity index is 467. The van der Waals surface area contributed by atoms with Crippen LogP contribution in [0.4, 0.5) is 0 Å². The van der Waals surface area contributed by atoms with E-state index >= 15 is 0 Å². The quantitative estimate of drug-likeness (QED) is 0.717. The summed E-state index contributed by atoms with van der Waals surface area (Å²) in [6.45, 7) is 7.19. The van der Waals surface area contributed by atoms with Gasteiger partial charge in [-0.15, -0.1) is 0 Å². The van der Waals surface area contributed by atoms with Gasteiger partial charge < -0.3 is 5.32 Å². The summed E-state index contributed by atoms with van der Waals surface area (Å²) in [5.41, 5.74) is 1.17. The van der Waals surface area contributed by atoms with Gasteiger partial charge in [0.1, 0.15) is 0 Å². The highest BCUT2D eigenvalue weighted by Crippen LogP contribution is 2.11. The molecule has 0 fully saturated rings. The zero-order valence-electron chi connectivity index (χ0n) is 11.9. The van der Waals surface area contributed by atoms with Crippen LogP contribution in [0.15, 0.2) is 29.2 Å². The Balaban J connectivity index is 2.56. The SMILES string of the molecule is CCCc1ccc(S(=O)(=O)NCCNC(C)C)cc1. The molecule has 1 aromatic rings. The van der Waals surface area contributed by atoms with Gasteiger partial charge in [-0.1, -0.05) is 39.3 Å². The smallest absolute Gasteiger partial charge is 0.240 e. The first-order chi connectivity index (χ1) is 8.95. The number of benzene rings is 1. The number of hydrogen-bond acceptors (Lipinski definition) is 3.